The quantitative estimate of drug-likeness (QED) is 0.906. The van der Waals surface area contributed by atoms with Gasteiger partial charge in [0.15, 0.2) is 0 Å². The number of benzene rings is 1. The Kier molecular flexibility index (Phi) is 4.04. The van der Waals surface area contributed by atoms with Gasteiger partial charge in [-0.05, 0) is 48.9 Å². The first-order valence-corrected chi connectivity index (χ1v) is 7.63. The van der Waals surface area contributed by atoms with Gasteiger partial charge in [0.2, 0.25) is 0 Å². The van der Waals surface area contributed by atoms with E-state index in [9.17, 15) is 5.11 Å². The van der Waals surface area contributed by atoms with Crippen molar-refractivity contribution in [3.8, 4) is 0 Å². The molecule has 0 amide bonds. The maximum Gasteiger partial charge on any atom is 0.102 e. The molecule has 21 heavy (non-hydrogen) atoms. The predicted molar refractivity (Wildman–Crippen MR) is 83.9 cm³/mol. The Morgan fingerprint density at radius 1 is 1.29 bits per heavy atom. The summed E-state index contributed by atoms with van der Waals surface area (Å²) in [6.45, 7) is 2.68. The van der Waals surface area contributed by atoms with Gasteiger partial charge in [-0.15, -0.1) is 0 Å². The van der Waals surface area contributed by atoms with Crippen LogP contribution in [0.25, 0.3) is 0 Å². The molecule has 3 heteroatoms. The van der Waals surface area contributed by atoms with Crippen LogP contribution in [0.5, 0.6) is 0 Å². The summed E-state index contributed by atoms with van der Waals surface area (Å²) in [6.07, 6.45) is 6.57. The van der Waals surface area contributed by atoms with E-state index in [2.05, 4.69) is 41.5 Å². The smallest absolute Gasteiger partial charge is 0.102 e. The third-order valence-electron chi connectivity index (χ3n) is 4.44. The van der Waals surface area contributed by atoms with Crippen molar-refractivity contribution in [3.63, 3.8) is 0 Å². The van der Waals surface area contributed by atoms with Crippen molar-refractivity contribution >= 4 is 0 Å². The second kappa shape index (κ2) is 5.96. The molecule has 110 valence electrons. The highest BCUT2D eigenvalue weighted by molar-refractivity contribution is 5.35. The summed E-state index contributed by atoms with van der Waals surface area (Å²) in [5.74, 6) is 0. The van der Waals surface area contributed by atoms with Crippen LogP contribution < -0.4 is 5.32 Å². The van der Waals surface area contributed by atoms with Crippen molar-refractivity contribution in [1.82, 2.24) is 10.3 Å². The average Bonchev–Trinajstić information content (AvgIpc) is 2.54. The van der Waals surface area contributed by atoms with Gasteiger partial charge in [0.25, 0.3) is 0 Å². The highest BCUT2D eigenvalue weighted by Gasteiger charge is 2.34. The SMILES string of the molecule is C[C@H](NC[C@]1(O)CCCc2ccccc21)c1cccnc1. The first kappa shape index (κ1) is 14.2. The Balaban J connectivity index is 1.73. The number of aryl methyl sites for hydroxylation is 1. The van der Waals surface area contributed by atoms with Gasteiger partial charge in [0.1, 0.15) is 5.60 Å². The Bertz CT molecular complexity index is 599. The van der Waals surface area contributed by atoms with Crippen LogP contribution in [0.3, 0.4) is 0 Å². The van der Waals surface area contributed by atoms with E-state index >= 15 is 0 Å². The zero-order valence-corrected chi connectivity index (χ0v) is 12.4. The van der Waals surface area contributed by atoms with Crippen LogP contribution in [0.4, 0.5) is 0 Å². The monoisotopic (exact) mass is 282 g/mol. The molecule has 1 heterocycles. The molecule has 0 bridgehead atoms. The molecule has 1 aromatic heterocycles. The molecule has 3 nitrogen and oxygen atoms in total. The molecular formula is C18H22N2O. The molecule has 0 unspecified atom stereocenters. The van der Waals surface area contributed by atoms with E-state index in [-0.39, 0.29) is 6.04 Å². The normalized spacial score (nSPS) is 22.6. The van der Waals surface area contributed by atoms with Gasteiger partial charge in [0.05, 0.1) is 0 Å². The van der Waals surface area contributed by atoms with E-state index < -0.39 is 5.60 Å². The fraction of sp³-hybridized carbons (Fsp3) is 0.389. The van der Waals surface area contributed by atoms with E-state index in [4.69, 9.17) is 0 Å². The average molecular weight is 282 g/mol. The maximum absolute atomic E-state index is 11.0. The molecule has 2 aromatic rings. The van der Waals surface area contributed by atoms with Crippen LogP contribution in [-0.4, -0.2) is 16.6 Å². The Morgan fingerprint density at radius 3 is 2.95 bits per heavy atom. The van der Waals surface area contributed by atoms with Gasteiger partial charge < -0.3 is 10.4 Å². The van der Waals surface area contributed by atoms with E-state index in [1.54, 1.807) is 6.20 Å². The van der Waals surface area contributed by atoms with Gasteiger partial charge in [-0.25, -0.2) is 0 Å². The molecule has 3 rings (SSSR count). The van der Waals surface area contributed by atoms with Crippen molar-refractivity contribution in [1.29, 1.82) is 0 Å². The molecular weight excluding hydrogens is 260 g/mol. The number of nitrogens with one attached hydrogen (secondary N) is 1. The predicted octanol–water partition coefficient (Wildman–Crippen LogP) is 2.96. The number of rotatable bonds is 4. The number of hydrogen-bond acceptors (Lipinski definition) is 3. The summed E-state index contributed by atoms with van der Waals surface area (Å²) in [5.41, 5.74) is 2.75. The molecule has 2 N–H and O–H groups in total. The van der Waals surface area contributed by atoms with Gasteiger partial charge in [-0.3, -0.25) is 4.98 Å². The zero-order chi connectivity index (χ0) is 14.7. The van der Waals surface area contributed by atoms with Gasteiger partial charge in [-0.2, -0.15) is 0 Å². The van der Waals surface area contributed by atoms with Crippen molar-refractivity contribution in [3.05, 3.63) is 65.5 Å². The minimum Gasteiger partial charge on any atom is -0.384 e. The number of aromatic nitrogens is 1. The number of pyridine rings is 1. The summed E-state index contributed by atoms with van der Waals surface area (Å²) in [7, 11) is 0. The molecule has 0 radical (unpaired) electrons. The lowest BCUT2D eigenvalue weighted by molar-refractivity contribution is 0.0170. The zero-order valence-electron chi connectivity index (χ0n) is 12.4. The second-order valence-corrected chi connectivity index (χ2v) is 5.93. The summed E-state index contributed by atoms with van der Waals surface area (Å²) in [4.78, 5) is 4.15. The van der Waals surface area contributed by atoms with E-state index in [0.717, 1.165) is 30.4 Å². The number of hydrogen-bond donors (Lipinski definition) is 2. The molecule has 2 atom stereocenters. The van der Waals surface area contributed by atoms with Crippen molar-refractivity contribution in [2.45, 2.75) is 37.8 Å². The molecule has 1 aromatic carbocycles. The van der Waals surface area contributed by atoms with Crippen LogP contribution in [0.1, 0.15) is 42.5 Å². The largest absolute Gasteiger partial charge is 0.384 e. The molecule has 0 saturated carbocycles. The van der Waals surface area contributed by atoms with E-state index in [1.807, 2.05) is 18.3 Å². The standard InChI is InChI=1S/C18H22N2O/c1-14(16-8-5-11-19-12-16)20-13-18(21)10-4-7-15-6-2-3-9-17(15)18/h2-3,5-6,8-9,11-12,14,20-21H,4,7,10,13H2,1H3/t14-,18+/m0/s1. The number of nitrogens with zero attached hydrogens (tertiary/aromatic N) is 1. The van der Waals surface area contributed by atoms with Crippen LogP contribution in [0, 0.1) is 0 Å². The van der Waals surface area contributed by atoms with Crippen LogP contribution in [0.15, 0.2) is 48.8 Å². The van der Waals surface area contributed by atoms with Crippen LogP contribution >= 0.6 is 0 Å². The molecule has 0 fully saturated rings. The number of aliphatic hydroxyl groups is 1. The summed E-state index contributed by atoms with van der Waals surface area (Å²) >= 11 is 0. The Labute approximate surface area is 126 Å². The van der Waals surface area contributed by atoms with Gasteiger partial charge in [0, 0.05) is 25.0 Å². The minimum atomic E-state index is -0.759. The second-order valence-electron chi connectivity index (χ2n) is 5.93. The molecule has 0 aliphatic heterocycles. The van der Waals surface area contributed by atoms with E-state index in [0.29, 0.717) is 6.54 Å². The highest BCUT2D eigenvalue weighted by atomic mass is 16.3. The van der Waals surface area contributed by atoms with E-state index in [1.165, 1.54) is 5.56 Å². The van der Waals surface area contributed by atoms with Crippen molar-refractivity contribution < 1.29 is 5.11 Å². The first-order chi connectivity index (χ1) is 10.2. The fourth-order valence-electron chi connectivity index (χ4n) is 3.15. The highest BCUT2D eigenvalue weighted by Crippen LogP contribution is 2.35. The topological polar surface area (TPSA) is 45.1 Å². The van der Waals surface area contributed by atoms with Crippen molar-refractivity contribution in [2.75, 3.05) is 6.54 Å². The fourth-order valence-corrected chi connectivity index (χ4v) is 3.15. The minimum absolute atomic E-state index is 0.178. The first-order valence-electron chi connectivity index (χ1n) is 7.63. The Morgan fingerprint density at radius 2 is 2.14 bits per heavy atom. The van der Waals surface area contributed by atoms with Gasteiger partial charge in [-0.1, -0.05) is 30.3 Å². The molecule has 1 aliphatic carbocycles. The van der Waals surface area contributed by atoms with Gasteiger partial charge >= 0.3 is 0 Å². The van der Waals surface area contributed by atoms with Crippen LogP contribution in [0.2, 0.25) is 0 Å². The van der Waals surface area contributed by atoms with Crippen molar-refractivity contribution in [2.24, 2.45) is 0 Å². The maximum atomic E-state index is 11.0. The number of fused-ring (bicyclic) bond motifs is 1. The lowest BCUT2D eigenvalue weighted by atomic mass is 9.79. The lowest BCUT2D eigenvalue weighted by Crippen LogP contribution is -2.41. The van der Waals surface area contributed by atoms with Crippen LogP contribution in [-0.2, 0) is 12.0 Å². The summed E-state index contributed by atoms with van der Waals surface area (Å²) in [6, 6.07) is 12.4. The third-order valence-corrected chi connectivity index (χ3v) is 4.44. The Hall–Kier alpha value is -1.71. The summed E-state index contributed by atoms with van der Waals surface area (Å²) < 4.78 is 0. The molecule has 0 saturated heterocycles. The third kappa shape index (κ3) is 2.99. The molecule has 0 spiro atoms. The lowest BCUT2D eigenvalue weighted by Gasteiger charge is -2.35. The molecule has 1 aliphatic rings. The summed E-state index contributed by atoms with van der Waals surface area (Å²) in [5, 5.41) is 14.5.